The van der Waals surface area contributed by atoms with Gasteiger partial charge in [0.2, 0.25) is 0 Å². The highest BCUT2D eigenvalue weighted by Gasteiger charge is 2.79. The summed E-state index contributed by atoms with van der Waals surface area (Å²) >= 11 is 17.4. The predicted octanol–water partition coefficient (Wildman–Crippen LogP) is 0.561. The molecule has 4 aliphatic heterocycles. The molecule has 17 heteroatoms. The molecule has 206 valence electrons. The Morgan fingerprint density at radius 1 is 1.23 bits per heavy atom. The van der Waals surface area contributed by atoms with Crippen molar-refractivity contribution in [2.75, 3.05) is 13.1 Å². The summed E-state index contributed by atoms with van der Waals surface area (Å²) in [7, 11) is 0. The molecule has 7 rings (SSSR count). The number of guanidine groups is 2. The number of H-pyrrole nitrogens is 1. The number of hydrogen-bond donors (Lipinski definition) is 7. The first-order valence-corrected chi connectivity index (χ1v) is 14.9. The minimum atomic E-state index is -1.31. The lowest BCUT2D eigenvalue weighted by molar-refractivity contribution is -0.0269. The Kier molecular flexibility index (Phi) is 5.52. The summed E-state index contributed by atoms with van der Waals surface area (Å²) in [5.74, 6) is -1.54. The quantitative estimate of drug-likeness (QED) is 0.223. The van der Waals surface area contributed by atoms with Crippen LogP contribution < -0.4 is 27.4 Å². The van der Waals surface area contributed by atoms with Gasteiger partial charge in [0.05, 0.1) is 14.5 Å². The Morgan fingerprint density at radius 2 is 1.97 bits per heavy atom. The number of rotatable bonds is 3. The Hall–Kier alpha value is -2.27. The van der Waals surface area contributed by atoms with Gasteiger partial charge in [-0.2, -0.15) is 0 Å². The molecular weight excluding hydrogens is 727 g/mol. The lowest BCUT2D eigenvalue weighted by atomic mass is 9.73. The summed E-state index contributed by atoms with van der Waals surface area (Å²) in [5.41, 5.74) is 10.8. The molecule has 2 spiro atoms. The Morgan fingerprint density at radius 3 is 2.64 bits per heavy atom. The van der Waals surface area contributed by atoms with Crippen molar-refractivity contribution in [2.24, 2.45) is 39.2 Å². The molecule has 2 aromatic heterocycles. The van der Waals surface area contributed by atoms with Crippen LogP contribution in [-0.2, 0) is 0 Å². The van der Waals surface area contributed by atoms with Crippen molar-refractivity contribution in [2.45, 2.75) is 29.0 Å². The molecule has 39 heavy (non-hydrogen) atoms. The molecule has 2 aromatic rings. The van der Waals surface area contributed by atoms with E-state index in [1.165, 1.54) is 0 Å². The summed E-state index contributed by atoms with van der Waals surface area (Å²) in [4.78, 5) is 40.5. The Labute approximate surface area is 251 Å². The molecular formula is C22H22Br3ClN10O3. The monoisotopic (exact) mass is 746 g/mol. The van der Waals surface area contributed by atoms with Gasteiger partial charge in [-0.1, -0.05) is 0 Å². The molecule has 0 aromatic carbocycles. The molecule has 2 fully saturated rings. The number of aromatic amines is 1. The van der Waals surface area contributed by atoms with Crippen molar-refractivity contribution in [3.8, 4) is 0 Å². The Balaban J connectivity index is 1.31. The lowest BCUT2D eigenvalue weighted by Crippen LogP contribution is -2.74. The lowest BCUT2D eigenvalue weighted by Gasteiger charge is -2.51. The number of fused-ring (bicyclic) bond motifs is 4. The number of aromatic nitrogens is 2. The number of halogens is 4. The molecule has 6 heterocycles. The number of carbonyl (C=O) groups excluding carboxylic acids is 2. The zero-order valence-electron chi connectivity index (χ0n) is 19.8. The van der Waals surface area contributed by atoms with Gasteiger partial charge < -0.3 is 47.0 Å². The molecule has 3 unspecified atom stereocenters. The number of alkyl halides is 1. The van der Waals surface area contributed by atoms with Gasteiger partial charge in [-0.05, 0) is 65.8 Å². The second-order valence-corrected chi connectivity index (χ2v) is 13.4. The second kappa shape index (κ2) is 8.38. The van der Waals surface area contributed by atoms with E-state index < -0.39 is 34.9 Å². The van der Waals surface area contributed by atoms with E-state index in [1.54, 1.807) is 27.8 Å². The number of aliphatic hydroxyl groups excluding tert-OH is 1. The third-order valence-corrected chi connectivity index (χ3v) is 11.6. The van der Waals surface area contributed by atoms with Crippen LogP contribution in [0.5, 0.6) is 0 Å². The fourth-order valence-electron chi connectivity index (χ4n) is 7.36. The highest BCUT2D eigenvalue weighted by Crippen LogP contribution is 2.63. The van der Waals surface area contributed by atoms with Crippen molar-refractivity contribution >= 4 is 83.1 Å². The topological polar surface area (TPSA) is 191 Å². The molecule has 1 aliphatic carbocycles. The van der Waals surface area contributed by atoms with E-state index in [0.29, 0.717) is 20.5 Å². The van der Waals surface area contributed by atoms with Crippen LogP contribution in [0.1, 0.15) is 27.1 Å². The van der Waals surface area contributed by atoms with Crippen LogP contribution in [0.25, 0.3) is 0 Å². The van der Waals surface area contributed by atoms with Crippen molar-refractivity contribution in [3.05, 3.63) is 43.3 Å². The van der Waals surface area contributed by atoms with Crippen LogP contribution >= 0.6 is 59.4 Å². The largest absolute Gasteiger partial charge is 0.370 e. The fourth-order valence-corrected chi connectivity index (χ4v) is 9.03. The second-order valence-electron chi connectivity index (χ2n) is 10.4. The third-order valence-electron chi connectivity index (χ3n) is 8.67. The summed E-state index contributed by atoms with van der Waals surface area (Å²) in [6.45, 7) is 0.466. The molecule has 9 N–H and O–H groups in total. The van der Waals surface area contributed by atoms with Crippen LogP contribution in [0.15, 0.2) is 41.9 Å². The number of amides is 2. The van der Waals surface area contributed by atoms with E-state index in [1.807, 2.05) is 0 Å². The first kappa shape index (κ1) is 25.7. The van der Waals surface area contributed by atoms with E-state index in [-0.39, 0.29) is 48.7 Å². The minimum Gasteiger partial charge on any atom is -0.370 e. The first-order valence-electron chi connectivity index (χ1n) is 12.1. The number of carbonyl (C=O) groups is 2. The SMILES string of the molecule is NC1=N[C@@H](O)[C@@]2(N1)C1C(CN3C(=O)c4cc(Br)cn4C4N=C(N)N[C@@]413)[C@H](CNC(=O)c1cc(Br)c(Br)[nH]1)[C@@H]2Cl. The zero-order valence-corrected chi connectivity index (χ0v) is 25.3. The van der Waals surface area contributed by atoms with Crippen LogP contribution in [0.3, 0.4) is 0 Å². The highest BCUT2D eigenvalue weighted by molar-refractivity contribution is 9.13. The maximum atomic E-state index is 13.9. The Bertz CT molecular complexity index is 1490. The van der Waals surface area contributed by atoms with Gasteiger partial charge >= 0.3 is 0 Å². The standard InChI is InChI=1S/C22H22Br3ClN10O3/c23-6-1-11-16(38)36-5-8-7(3-29-15(37)10-2-9(24)14(25)30-10)13(26)21(18(39)32-20(28)33-21)12(8)22(36)17(35(11)4-6)31-19(27)34-22/h1-2,4,7-8,12-13,17-18,30,39H,3,5H2,(H,29,37)(H3,27,31,34)(H3,28,32,33)/t7-,8?,12?,13-,17?,18-,21+,22-/m0/s1. The van der Waals surface area contributed by atoms with E-state index in [0.717, 1.165) is 4.47 Å². The molecule has 1 saturated heterocycles. The normalized spacial score (nSPS) is 37.6. The predicted molar refractivity (Wildman–Crippen MR) is 152 cm³/mol. The number of nitrogens with two attached hydrogens (primary N) is 2. The molecule has 5 aliphatic rings. The molecule has 2 amide bonds. The average molecular weight is 750 g/mol. The van der Waals surface area contributed by atoms with E-state index in [2.05, 4.69) is 73.7 Å². The van der Waals surface area contributed by atoms with Gasteiger partial charge in [0, 0.05) is 35.6 Å². The van der Waals surface area contributed by atoms with Gasteiger partial charge in [-0.15, -0.1) is 11.6 Å². The van der Waals surface area contributed by atoms with Crippen LogP contribution in [-0.4, -0.2) is 79.2 Å². The average Bonchev–Trinajstić information content (AvgIpc) is 3.68. The maximum absolute atomic E-state index is 13.9. The molecule has 0 bridgehead atoms. The number of nitrogens with zero attached hydrogens (tertiary/aromatic N) is 4. The van der Waals surface area contributed by atoms with E-state index in [9.17, 15) is 14.7 Å². The van der Waals surface area contributed by atoms with Crippen LogP contribution in [0.4, 0.5) is 0 Å². The van der Waals surface area contributed by atoms with Gasteiger partial charge in [-0.25, -0.2) is 9.98 Å². The molecule has 13 nitrogen and oxygen atoms in total. The van der Waals surface area contributed by atoms with Gasteiger partial charge in [0.1, 0.15) is 16.9 Å². The van der Waals surface area contributed by atoms with Gasteiger partial charge in [-0.3, -0.25) is 9.59 Å². The molecule has 1 saturated carbocycles. The molecule has 0 radical (unpaired) electrons. The van der Waals surface area contributed by atoms with E-state index in [4.69, 9.17) is 28.1 Å². The number of hydrogen-bond acceptors (Lipinski definition) is 9. The summed E-state index contributed by atoms with van der Waals surface area (Å²) in [6, 6.07) is 3.42. The third kappa shape index (κ3) is 3.20. The van der Waals surface area contributed by atoms with Crippen molar-refractivity contribution in [1.82, 2.24) is 30.4 Å². The number of aliphatic imine (C=N–C) groups is 2. The highest BCUT2D eigenvalue weighted by atomic mass is 79.9. The summed E-state index contributed by atoms with van der Waals surface area (Å²) < 4.78 is 3.87. The minimum absolute atomic E-state index is 0.0440. The summed E-state index contributed by atoms with van der Waals surface area (Å²) in [6.07, 6.45) is -0.151. The fraction of sp³-hybridized carbons (Fsp3) is 0.455. The van der Waals surface area contributed by atoms with Crippen LogP contribution in [0.2, 0.25) is 0 Å². The van der Waals surface area contributed by atoms with Crippen molar-refractivity contribution < 1.29 is 14.7 Å². The zero-order chi connectivity index (χ0) is 27.6. The van der Waals surface area contributed by atoms with Crippen molar-refractivity contribution in [1.29, 1.82) is 0 Å². The first-order chi connectivity index (χ1) is 18.5. The van der Waals surface area contributed by atoms with Gasteiger partial charge in [0.15, 0.2) is 30.0 Å². The summed E-state index contributed by atoms with van der Waals surface area (Å²) in [5, 5.41) is 20.1. The number of nitrogens with one attached hydrogen (secondary N) is 4. The van der Waals surface area contributed by atoms with Crippen molar-refractivity contribution in [3.63, 3.8) is 0 Å². The smallest absolute Gasteiger partial charge is 0.272 e. The molecule has 8 atom stereocenters. The number of aliphatic hydroxyl groups is 1. The van der Waals surface area contributed by atoms with E-state index >= 15 is 0 Å². The maximum Gasteiger partial charge on any atom is 0.272 e. The van der Waals surface area contributed by atoms with Crippen LogP contribution in [0, 0.1) is 17.8 Å². The van der Waals surface area contributed by atoms with Gasteiger partial charge in [0.25, 0.3) is 11.8 Å².